The van der Waals surface area contributed by atoms with Crippen LogP contribution < -0.4 is 5.32 Å². The van der Waals surface area contributed by atoms with E-state index in [1.165, 1.54) is 45.3 Å². The predicted octanol–water partition coefficient (Wildman–Crippen LogP) is 3.39. The molecule has 1 aliphatic heterocycles. The Morgan fingerprint density at radius 3 is 2.90 bits per heavy atom. The third-order valence-corrected chi connectivity index (χ3v) is 5.62. The topological polar surface area (TPSA) is 15.3 Å². The maximum atomic E-state index is 3.81. The molecule has 1 saturated carbocycles. The Hall–Kier alpha value is -0.380. The lowest BCUT2D eigenvalue weighted by Gasteiger charge is -2.41. The normalized spacial score (nSPS) is 28.1. The number of nitrogens with zero attached hydrogens (tertiary/aromatic N) is 1. The third kappa shape index (κ3) is 3.84. The van der Waals surface area contributed by atoms with Crippen molar-refractivity contribution < 1.29 is 0 Å². The van der Waals surface area contributed by atoms with Gasteiger partial charge in [-0.2, -0.15) is 0 Å². The summed E-state index contributed by atoms with van der Waals surface area (Å²) in [6.07, 6.45) is 5.45. The quantitative estimate of drug-likeness (QED) is 0.864. The molecule has 1 aromatic rings. The Bertz CT molecular complexity index is 397. The molecule has 1 aliphatic carbocycles. The van der Waals surface area contributed by atoms with Crippen LogP contribution in [0.1, 0.15) is 38.0 Å². The van der Waals surface area contributed by atoms with E-state index in [1.807, 2.05) is 11.3 Å². The van der Waals surface area contributed by atoms with Crippen LogP contribution in [0.15, 0.2) is 17.5 Å². The second-order valence-electron chi connectivity index (χ2n) is 6.96. The van der Waals surface area contributed by atoms with E-state index < -0.39 is 0 Å². The summed E-state index contributed by atoms with van der Waals surface area (Å²) in [4.78, 5) is 4.33. The Labute approximate surface area is 127 Å². The Balaban J connectivity index is 1.56. The molecule has 0 radical (unpaired) electrons. The second-order valence-corrected chi connectivity index (χ2v) is 8.00. The molecule has 1 saturated heterocycles. The fourth-order valence-corrected chi connectivity index (χ4v) is 4.24. The number of hydrogen-bond acceptors (Lipinski definition) is 3. The Morgan fingerprint density at radius 1 is 1.40 bits per heavy atom. The minimum Gasteiger partial charge on any atom is -0.311 e. The van der Waals surface area contributed by atoms with Gasteiger partial charge in [-0.1, -0.05) is 19.9 Å². The lowest BCUT2D eigenvalue weighted by Crippen LogP contribution is -2.57. The van der Waals surface area contributed by atoms with E-state index in [0.717, 1.165) is 17.9 Å². The summed E-state index contributed by atoms with van der Waals surface area (Å²) in [5.74, 6) is 1.77. The summed E-state index contributed by atoms with van der Waals surface area (Å²) >= 11 is 1.91. The van der Waals surface area contributed by atoms with Gasteiger partial charge in [0.1, 0.15) is 0 Å². The van der Waals surface area contributed by atoms with Gasteiger partial charge in [0.2, 0.25) is 0 Å². The van der Waals surface area contributed by atoms with Crippen molar-refractivity contribution in [3.05, 3.63) is 22.4 Å². The van der Waals surface area contributed by atoms with Gasteiger partial charge in [-0.05, 0) is 49.0 Å². The smallest absolute Gasteiger partial charge is 0.0249 e. The van der Waals surface area contributed by atoms with Crippen LogP contribution in [0.3, 0.4) is 0 Å². The van der Waals surface area contributed by atoms with Crippen LogP contribution in [0.25, 0.3) is 0 Å². The average Bonchev–Trinajstić information content (AvgIpc) is 3.12. The highest BCUT2D eigenvalue weighted by Gasteiger charge is 2.38. The summed E-state index contributed by atoms with van der Waals surface area (Å²) in [5.41, 5.74) is 0. The molecule has 0 amide bonds. The maximum Gasteiger partial charge on any atom is 0.0249 e. The van der Waals surface area contributed by atoms with Crippen molar-refractivity contribution in [1.82, 2.24) is 10.2 Å². The molecule has 2 nitrogen and oxygen atoms in total. The average molecular weight is 292 g/mol. The molecular weight excluding hydrogens is 264 g/mol. The molecule has 1 N–H and O–H groups in total. The van der Waals surface area contributed by atoms with Crippen molar-refractivity contribution >= 4 is 11.3 Å². The SMILES string of the molecule is CC(C)CC1CN(CCc2cccs2)C(C2CC2)CN1. The summed E-state index contributed by atoms with van der Waals surface area (Å²) in [5, 5.41) is 6.01. The van der Waals surface area contributed by atoms with E-state index in [1.54, 1.807) is 4.88 Å². The molecule has 112 valence electrons. The van der Waals surface area contributed by atoms with Crippen LogP contribution in [0.4, 0.5) is 0 Å². The van der Waals surface area contributed by atoms with E-state index in [-0.39, 0.29) is 0 Å². The molecule has 0 spiro atoms. The van der Waals surface area contributed by atoms with Crippen LogP contribution in [0.2, 0.25) is 0 Å². The zero-order valence-corrected chi connectivity index (χ0v) is 13.7. The van der Waals surface area contributed by atoms with Gasteiger partial charge in [-0.3, -0.25) is 4.90 Å². The first kappa shape index (κ1) is 14.6. The van der Waals surface area contributed by atoms with Gasteiger partial charge in [0.15, 0.2) is 0 Å². The van der Waals surface area contributed by atoms with E-state index in [0.29, 0.717) is 6.04 Å². The first-order chi connectivity index (χ1) is 9.72. The standard InChI is InChI=1S/C17H28N2S/c1-13(2)10-15-12-19(8-7-16-4-3-9-20-16)17(11-18-15)14-5-6-14/h3-4,9,13-15,17-18H,5-8,10-12H2,1-2H3. The van der Waals surface area contributed by atoms with E-state index >= 15 is 0 Å². The van der Waals surface area contributed by atoms with Gasteiger partial charge >= 0.3 is 0 Å². The molecule has 2 heterocycles. The van der Waals surface area contributed by atoms with Crippen molar-refractivity contribution in [1.29, 1.82) is 0 Å². The first-order valence-electron chi connectivity index (χ1n) is 8.22. The lowest BCUT2D eigenvalue weighted by molar-refractivity contribution is 0.109. The van der Waals surface area contributed by atoms with Crippen LogP contribution in [-0.4, -0.2) is 36.6 Å². The molecule has 20 heavy (non-hydrogen) atoms. The number of piperazine rings is 1. The van der Waals surface area contributed by atoms with Gasteiger partial charge in [0.05, 0.1) is 0 Å². The largest absolute Gasteiger partial charge is 0.311 e. The minimum absolute atomic E-state index is 0.702. The molecule has 2 fully saturated rings. The van der Waals surface area contributed by atoms with E-state index in [9.17, 15) is 0 Å². The number of thiophene rings is 1. The maximum absolute atomic E-state index is 3.81. The van der Waals surface area contributed by atoms with E-state index in [2.05, 4.69) is 41.6 Å². The van der Waals surface area contributed by atoms with Crippen molar-refractivity contribution in [2.75, 3.05) is 19.6 Å². The molecule has 0 aromatic carbocycles. The second kappa shape index (κ2) is 6.59. The predicted molar refractivity (Wildman–Crippen MR) is 87.4 cm³/mol. The Morgan fingerprint density at radius 2 is 2.25 bits per heavy atom. The summed E-state index contributed by atoms with van der Waals surface area (Å²) in [7, 11) is 0. The number of rotatable bonds is 6. The molecule has 2 unspecified atom stereocenters. The van der Waals surface area contributed by atoms with Crippen molar-refractivity contribution in [2.24, 2.45) is 11.8 Å². The summed E-state index contributed by atoms with van der Waals surface area (Å²) in [6, 6.07) is 5.97. The van der Waals surface area contributed by atoms with Gasteiger partial charge < -0.3 is 5.32 Å². The zero-order valence-electron chi connectivity index (χ0n) is 12.8. The van der Waals surface area contributed by atoms with Gasteiger partial charge in [-0.25, -0.2) is 0 Å². The highest BCUT2D eigenvalue weighted by atomic mass is 32.1. The third-order valence-electron chi connectivity index (χ3n) is 4.69. The minimum atomic E-state index is 0.702. The van der Waals surface area contributed by atoms with Crippen LogP contribution >= 0.6 is 11.3 Å². The highest BCUT2D eigenvalue weighted by Crippen LogP contribution is 2.36. The van der Waals surface area contributed by atoms with Crippen LogP contribution in [0, 0.1) is 11.8 Å². The van der Waals surface area contributed by atoms with Crippen molar-refractivity contribution in [3.8, 4) is 0 Å². The van der Waals surface area contributed by atoms with Crippen LogP contribution in [-0.2, 0) is 6.42 Å². The fraction of sp³-hybridized carbons (Fsp3) is 0.765. The molecule has 3 heteroatoms. The zero-order chi connectivity index (χ0) is 13.9. The monoisotopic (exact) mass is 292 g/mol. The molecule has 2 atom stereocenters. The fourth-order valence-electron chi connectivity index (χ4n) is 3.54. The van der Waals surface area contributed by atoms with E-state index in [4.69, 9.17) is 0 Å². The molecule has 0 bridgehead atoms. The highest BCUT2D eigenvalue weighted by molar-refractivity contribution is 7.09. The summed E-state index contributed by atoms with van der Waals surface area (Å²) < 4.78 is 0. The number of hydrogen-bond donors (Lipinski definition) is 1. The van der Waals surface area contributed by atoms with Gasteiger partial charge in [0, 0.05) is 36.6 Å². The van der Waals surface area contributed by atoms with Crippen molar-refractivity contribution in [2.45, 2.75) is 51.6 Å². The number of nitrogens with one attached hydrogen (secondary N) is 1. The molecular formula is C17H28N2S. The molecule has 3 rings (SSSR count). The Kier molecular flexibility index (Phi) is 4.79. The van der Waals surface area contributed by atoms with Crippen LogP contribution in [0.5, 0.6) is 0 Å². The van der Waals surface area contributed by atoms with Gasteiger partial charge in [-0.15, -0.1) is 11.3 Å². The summed E-state index contributed by atoms with van der Waals surface area (Å²) in [6.45, 7) is 8.39. The van der Waals surface area contributed by atoms with Crippen molar-refractivity contribution in [3.63, 3.8) is 0 Å². The lowest BCUT2D eigenvalue weighted by atomic mass is 9.98. The van der Waals surface area contributed by atoms with Gasteiger partial charge in [0.25, 0.3) is 0 Å². The molecule has 1 aromatic heterocycles. The first-order valence-corrected chi connectivity index (χ1v) is 9.10. The molecule has 2 aliphatic rings.